The first-order valence-corrected chi connectivity index (χ1v) is 10.7. The van der Waals surface area contributed by atoms with Crippen molar-refractivity contribution in [2.24, 2.45) is 4.99 Å². The Morgan fingerprint density at radius 2 is 1.82 bits per heavy atom. The van der Waals surface area contributed by atoms with Crippen LogP contribution in [-0.4, -0.2) is 69.9 Å². The molecule has 2 fully saturated rings. The van der Waals surface area contributed by atoms with Gasteiger partial charge in [0.05, 0.1) is 20.3 Å². The van der Waals surface area contributed by atoms with E-state index in [0.717, 1.165) is 57.5 Å². The Kier molecular flexibility index (Phi) is 7.98. The van der Waals surface area contributed by atoms with Crippen LogP contribution in [0, 0.1) is 0 Å². The number of hydrogen-bond donors (Lipinski definition) is 2. The SMILES string of the molecule is CN=C(NCCc1ccc(OC)cc1)NCC1(N2CCOCC2)CCCCC1. The van der Waals surface area contributed by atoms with E-state index in [-0.39, 0.29) is 5.54 Å². The minimum absolute atomic E-state index is 0.246. The highest BCUT2D eigenvalue weighted by atomic mass is 16.5. The van der Waals surface area contributed by atoms with Crippen molar-refractivity contribution in [1.29, 1.82) is 0 Å². The number of methoxy groups -OCH3 is 1. The Hall–Kier alpha value is -1.79. The van der Waals surface area contributed by atoms with Crippen LogP contribution < -0.4 is 15.4 Å². The number of rotatable bonds is 7. The van der Waals surface area contributed by atoms with Crippen LogP contribution in [0.3, 0.4) is 0 Å². The lowest BCUT2D eigenvalue weighted by atomic mass is 9.80. The predicted molar refractivity (Wildman–Crippen MR) is 114 cm³/mol. The number of nitrogens with one attached hydrogen (secondary N) is 2. The standard InChI is InChI=1S/C22H36N4O2/c1-23-21(24-13-10-19-6-8-20(27-2)9-7-19)25-18-22(11-4-3-5-12-22)26-14-16-28-17-15-26/h6-9H,3-5,10-18H2,1-2H3,(H2,23,24,25). The highest BCUT2D eigenvalue weighted by molar-refractivity contribution is 5.79. The van der Waals surface area contributed by atoms with Gasteiger partial charge < -0.3 is 20.1 Å². The molecule has 0 aromatic heterocycles. The quantitative estimate of drug-likeness (QED) is 0.555. The molecule has 6 nitrogen and oxygen atoms in total. The summed E-state index contributed by atoms with van der Waals surface area (Å²) in [7, 11) is 3.55. The molecule has 1 aromatic rings. The molecule has 1 aliphatic carbocycles. The Balaban J connectivity index is 1.49. The summed E-state index contributed by atoms with van der Waals surface area (Å²) in [5.41, 5.74) is 1.54. The fourth-order valence-electron chi connectivity index (χ4n) is 4.44. The number of morpholine rings is 1. The summed E-state index contributed by atoms with van der Waals surface area (Å²) in [4.78, 5) is 7.10. The van der Waals surface area contributed by atoms with E-state index in [1.165, 1.54) is 37.7 Å². The van der Waals surface area contributed by atoms with Gasteiger partial charge in [-0.25, -0.2) is 0 Å². The zero-order chi connectivity index (χ0) is 19.7. The van der Waals surface area contributed by atoms with Crippen LogP contribution in [0.25, 0.3) is 0 Å². The van der Waals surface area contributed by atoms with Crippen LogP contribution in [0.5, 0.6) is 5.75 Å². The summed E-state index contributed by atoms with van der Waals surface area (Å²) >= 11 is 0. The topological polar surface area (TPSA) is 58.1 Å². The van der Waals surface area contributed by atoms with E-state index in [1.807, 2.05) is 19.2 Å². The zero-order valence-corrected chi connectivity index (χ0v) is 17.5. The second-order valence-electron chi connectivity index (χ2n) is 7.84. The molecule has 0 radical (unpaired) electrons. The van der Waals surface area contributed by atoms with Crippen molar-refractivity contribution in [3.63, 3.8) is 0 Å². The third-order valence-electron chi connectivity index (χ3n) is 6.14. The average molecular weight is 389 g/mol. The molecule has 2 N–H and O–H groups in total. The van der Waals surface area contributed by atoms with E-state index >= 15 is 0 Å². The van der Waals surface area contributed by atoms with Crippen LogP contribution in [0.2, 0.25) is 0 Å². The minimum atomic E-state index is 0.246. The zero-order valence-electron chi connectivity index (χ0n) is 17.5. The third kappa shape index (κ3) is 5.61. The van der Waals surface area contributed by atoms with Crippen molar-refractivity contribution in [1.82, 2.24) is 15.5 Å². The Labute approximate surface area is 169 Å². The van der Waals surface area contributed by atoms with Gasteiger partial charge >= 0.3 is 0 Å². The van der Waals surface area contributed by atoms with Crippen molar-refractivity contribution < 1.29 is 9.47 Å². The molecule has 1 saturated carbocycles. The monoisotopic (exact) mass is 388 g/mol. The predicted octanol–water partition coefficient (Wildman–Crippen LogP) is 2.44. The third-order valence-corrected chi connectivity index (χ3v) is 6.14. The van der Waals surface area contributed by atoms with Gasteiger partial charge in [0.15, 0.2) is 5.96 Å². The van der Waals surface area contributed by atoms with Crippen LogP contribution in [-0.2, 0) is 11.2 Å². The molecule has 0 bridgehead atoms. The lowest BCUT2D eigenvalue weighted by Crippen LogP contribution is -2.60. The molecule has 1 aromatic carbocycles. The van der Waals surface area contributed by atoms with E-state index in [9.17, 15) is 0 Å². The number of benzene rings is 1. The highest BCUT2D eigenvalue weighted by Gasteiger charge is 2.38. The smallest absolute Gasteiger partial charge is 0.191 e. The molecular formula is C22H36N4O2. The number of aliphatic imine (C=N–C) groups is 1. The highest BCUT2D eigenvalue weighted by Crippen LogP contribution is 2.33. The molecular weight excluding hydrogens is 352 g/mol. The summed E-state index contributed by atoms with van der Waals surface area (Å²) in [5, 5.41) is 7.09. The Bertz CT molecular complexity index is 605. The van der Waals surface area contributed by atoms with Gasteiger partial charge in [0, 0.05) is 38.8 Å². The number of ether oxygens (including phenoxy) is 2. The second kappa shape index (κ2) is 10.7. The molecule has 0 spiro atoms. The van der Waals surface area contributed by atoms with E-state index in [1.54, 1.807) is 7.11 Å². The van der Waals surface area contributed by atoms with Crippen molar-refractivity contribution in [2.45, 2.75) is 44.1 Å². The molecule has 6 heteroatoms. The number of guanidine groups is 1. The fraction of sp³-hybridized carbons (Fsp3) is 0.682. The molecule has 28 heavy (non-hydrogen) atoms. The molecule has 1 aliphatic heterocycles. The van der Waals surface area contributed by atoms with E-state index < -0.39 is 0 Å². The maximum Gasteiger partial charge on any atom is 0.191 e. The van der Waals surface area contributed by atoms with Gasteiger partial charge in [-0.05, 0) is 37.0 Å². The first-order valence-electron chi connectivity index (χ1n) is 10.7. The molecule has 0 unspecified atom stereocenters. The van der Waals surface area contributed by atoms with Gasteiger partial charge in [0.2, 0.25) is 0 Å². The molecule has 0 amide bonds. The molecule has 156 valence electrons. The van der Waals surface area contributed by atoms with Crippen molar-refractivity contribution in [3.8, 4) is 5.75 Å². The van der Waals surface area contributed by atoms with Crippen molar-refractivity contribution >= 4 is 5.96 Å². The first kappa shape index (κ1) is 20.9. The number of nitrogens with zero attached hydrogens (tertiary/aromatic N) is 2. The van der Waals surface area contributed by atoms with Gasteiger partial charge in [-0.2, -0.15) is 0 Å². The van der Waals surface area contributed by atoms with Gasteiger partial charge in [0.1, 0.15) is 5.75 Å². The maximum atomic E-state index is 5.59. The van der Waals surface area contributed by atoms with Crippen molar-refractivity contribution in [3.05, 3.63) is 29.8 Å². The molecule has 0 atom stereocenters. The normalized spacial score (nSPS) is 20.6. The van der Waals surface area contributed by atoms with Crippen LogP contribution in [0.4, 0.5) is 0 Å². The minimum Gasteiger partial charge on any atom is -0.497 e. The summed E-state index contributed by atoms with van der Waals surface area (Å²) in [6.07, 6.45) is 7.50. The second-order valence-corrected chi connectivity index (χ2v) is 7.84. The Morgan fingerprint density at radius 1 is 1.11 bits per heavy atom. The lowest BCUT2D eigenvalue weighted by molar-refractivity contribution is -0.0352. The Morgan fingerprint density at radius 3 is 2.46 bits per heavy atom. The van der Waals surface area contributed by atoms with E-state index in [4.69, 9.17) is 9.47 Å². The van der Waals surface area contributed by atoms with Crippen LogP contribution in [0.15, 0.2) is 29.3 Å². The van der Waals surface area contributed by atoms with Gasteiger partial charge in [-0.15, -0.1) is 0 Å². The summed E-state index contributed by atoms with van der Waals surface area (Å²) in [5.74, 6) is 1.79. The molecule has 2 aliphatic rings. The summed E-state index contributed by atoms with van der Waals surface area (Å²) in [6, 6.07) is 8.26. The van der Waals surface area contributed by atoms with E-state index in [2.05, 4.69) is 32.7 Å². The lowest BCUT2D eigenvalue weighted by Gasteiger charge is -2.48. The van der Waals surface area contributed by atoms with Gasteiger partial charge in [-0.1, -0.05) is 31.4 Å². The van der Waals surface area contributed by atoms with Crippen molar-refractivity contribution in [2.75, 3.05) is 53.6 Å². The summed E-state index contributed by atoms with van der Waals surface area (Å²) < 4.78 is 10.8. The van der Waals surface area contributed by atoms with E-state index in [0.29, 0.717) is 0 Å². The first-order chi connectivity index (χ1) is 13.8. The largest absolute Gasteiger partial charge is 0.497 e. The molecule has 1 saturated heterocycles. The van der Waals surface area contributed by atoms with Crippen LogP contribution in [0.1, 0.15) is 37.7 Å². The van der Waals surface area contributed by atoms with Gasteiger partial charge in [0.25, 0.3) is 0 Å². The number of hydrogen-bond acceptors (Lipinski definition) is 4. The maximum absolute atomic E-state index is 5.59. The van der Waals surface area contributed by atoms with Gasteiger partial charge in [-0.3, -0.25) is 9.89 Å². The average Bonchev–Trinajstić information content (AvgIpc) is 2.78. The summed E-state index contributed by atoms with van der Waals surface area (Å²) in [6.45, 7) is 5.62. The van der Waals surface area contributed by atoms with Crippen LogP contribution >= 0.6 is 0 Å². The molecule has 1 heterocycles. The molecule has 3 rings (SSSR count). The fourth-order valence-corrected chi connectivity index (χ4v) is 4.44.